The second-order valence-corrected chi connectivity index (χ2v) is 10.7. The fourth-order valence-electron chi connectivity index (χ4n) is 6.11. The SMILES string of the molecule is C=C(F)/C=C\C=C(/C)C(CN1C=CN(NC)C1)([C@@H](CCC)CCCCC)[C@H]1C=CCCCC1OC(=O)S. The van der Waals surface area contributed by atoms with Crippen LogP contribution in [-0.4, -0.2) is 41.6 Å². The topological polar surface area (TPSA) is 44.8 Å². The zero-order valence-corrected chi connectivity index (χ0v) is 24.2. The minimum absolute atomic E-state index is 0.0282. The van der Waals surface area contributed by atoms with Crippen molar-refractivity contribution in [1.82, 2.24) is 15.3 Å². The van der Waals surface area contributed by atoms with E-state index >= 15 is 0 Å². The number of rotatable bonds is 15. The lowest BCUT2D eigenvalue weighted by atomic mass is 9.57. The number of hydrazine groups is 1. The van der Waals surface area contributed by atoms with Crippen LogP contribution in [0.5, 0.6) is 0 Å². The van der Waals surface area contributed by atoms with Crippen molar-refractivity contribution >= 4 is 17.9 Å². The molecular weight excluding hydrogens is 485 g/mol. The van der Waals surface area contributed by atoms with Crippen LogP contribution in [0.3, 0.4) is 0 Å². The van der Waals surface area contributed by atoms with Crippen LogP contribution in [0.2, 0.25) is 0 Å². The van der Waals surface area contributed by atoms with Crippen LogP contribution in [-0.2, 0) is 4.74 Å². The summed E-state index contributed by atoms with van der Waals surface area (Å²) < 4.78 is 19.5. The number of allylic oxidation sites excluding steroid dienone is 5. The van der Waals surface area contributed by atoms with E-state index in [0.29, 0.717) is 5.92 Å². The summed E-state index contributed by atoms with van der Waals surface area (Å²) in [6.07, 6.45) is 23.1. The summed E-state index contributed by atoms with van der Waals surface area (Å²) in [7, 11) is 1.92. The summed E-state index contributed by atoms with van der Waals surface area (Å²) >= 11 is 4.01. The van der Waals surface area contributed by atoms with Gasteiger partial charge in [-0.2, -0.15) is 0 Å². The van der Waals surface area contributed by atoms with Crippen molar-refractivity contribution in [3.63, 3.8) is 0 Å². The number of nitrogens with zero attached hydrogens (tertiary/aromatic N) is 2. The van der Waals surface area contributed by atoms with Gasteiger partial charge in [0.25, 0.3) is 0 Å². The molecule has 208 valence electrons. The largest absolute Gasteiger partial charge is 0.454 e. The Bertz CT molecular complexity index is 856. The van der Waals surface area contributed by atoms with Gasteiger partial charge in [-0.05, 0) is 51.0 Å². The normalized spacial score (nSPS) is 22.8. The van der Waals surface area contributed by atoms with Crippen molar-refractivity contribution < 1.29 is 13.9 Å². The van der Waals surface area contributed by atoms with E-state index in [9.17, 15) is 9.18 Å². The maximum Gasteiger partial charge on any atom is 0.364 e. The molecule has 0 aromatic carbocycles. The van der Waals surface area contributed by atoms with Crippen LogP contribution in [0.1, 0.15) is 78.6 Å². The van der Waals surface area contributed by atoms with Crippen LogP contribution in [0.4, 0.5) is 9.18 Å². The molecule has 2 aliphatic rings. The monoisotopic (exact) mass is 533 g/mol. The maximum atomic E-state index is 13.5. The molecule has 0 aromatic heterocycles. The van der Waals surface area contributed by atoms with Gasteiger partial charge in [-0.15, -0.1) is 0 Å². The fraction of sp³-hybridized carbons (Fsp3) is 0.633. The number of unbranched alkanes of at least 4 members (excludes halogenated alkanes) is 2. The van der Waals surface area contributed by atoms with Gasteiger partial charge in [0.05, 0.1) is 0 Å². The molecule has 7 heteroatoms. The lowest BCUT2D eigenvalue weighted by Gasteiger charge is -2.50. The fourth-order valence-corrected chi connectivity index (χ4v) is 6.25. The highest BCUT2D eigenvalue weighted by molar-refractivity contribution is 7.96. The van der Waals surface area contributed by atoms with E-state index in [2.05, 4.69) is 79.9 Å². The van der Waals surface area contributed by atoms with E-state index in [1.807, 2.05) is 13.1 Å². The predicted molar refractivity (Wildman–Crippen MR) is 155 cm³/mol. The molecule has 0 bridgehead atoms. The summed E-state index contributed by atoms with van der Waals surface area (Å²) in [6, 6.07) is 0. The van der Waals surface area contributed by atoms with Gasteiger partial charge in [0, 0.05) is 37.3 Å². The quantitative estimate of drug-likeness (QED) is 0.0736. The molecular formula is C30H48FN3O2S. The number of carbonyl (C=O) groups is 1. The van der Waals surface area contributed by atoms with Gasteiger partial charge in [-0.1, -0.05) is 88.6 Å². The lowest BCUT2D eigenvalue weighted by molar-refractivity contribution is -0.00446. The average molecular weight is 534 g/mol. The number of hydrogen-bond donors (Lipinski definition) is 2. The summed E-state index contributed by atoms with van der Waals surface area (Å²) in [5, 5.41) is 1.52. The molecule has 0 saturated carbocycles. The summed E-state index contributed by atoms with van der Waals surface area (Å²) in [5.74, 6) is -0.140. The molecule has 2 rings (SSSR count). The van der Waals surface area contributed by atoms with E-state index in [-0.39, 0.29) is 17.4 Å². The Kier molecular flexibility index (Phi) is 13.6. The number of carbonyl (C=O) groups excluding carboxylic acids is 1. The first kappa shape index (κ1) is 31.2. The second kappa shape index (κ2) is 16.1. The third-order valence-electron chi connectivity index (χ3n) is 7.87. The molecule has 1 N–H and O–H groups in total. The molecule has 1 heterocycles. The lowest BCUT2D eigenvalue weighted by Crippen LogP contribution is -2.51. The summed E-state index contributed by atoms with van der Waals surface area (Å²) in [5.41, 5.74) is 4.05. The smallest absolute Gasteiger partial charge is 0.364 e. The standard InChI is InChI=1S/C30H48FN3O2S/c1-6-8-10-17-26(14-7-2)30(24(3)15-13-16-25(4)31,22-33-20-21-34(23-33)32-5)27-18-11-9-12-19-28(27)36-29(35)37/h11,13,15-16,18,20-21,26-28,32H,4,6-10,12,14,17,19,22-23H2,1-3,5H3,(H,35,37)/b16-13-,24-15+/t26-,27-,28?,30?/m0/s1. The van der Waals surface area contributed by atoms with Gasteiger partial charge < -0.3 is 9.64 Å². The average Bonchev–Trinajstić information content (AvgIpc) is 3.18. The highest BCUT2D eigenvalue weighted by Crippen LogP contribution is 2.52. The first-order valence-corrected chi connectivity index (χ1v) is 14.4. The van der Waals surface area contributed by atoms with Crippen molar-refractivity contribution in [3.8, 4) is 0 Å². The first-order chi connectivity index (χ1) is 17.8. The molecule has 0 aromatic rings. The minimum atomic E-state index is -0.532. The van der Waals surface area contributed by atoms with Gasteiger partial charge in [-0.3, -0.25) is 5.01 Å². The van der Waals surface area contributed by atoms with Gasteiger partial charge in [0.2, 0.25) is 0 Å². The number of hydrogen-bond acceptors (Lipinski definition) is 5. The second-order valence-electron chi connectivity index (χ2n) is 10.4. The Labute approximate surface area is 229 Å². The van der Waals surface area contributed by atoms with Crippen LogP contribution in [0.25, 0.3) is 0 Å². The highest BCUT2D eigenvalue weighted by Gasteiger charge is 2.50. The molecule has 0 spiro atoms. The van der Waals surface area contributed by atoms with E-state index in [1.165, 1.54) is 18.1 Å². The summed E-state index contributed by atoms with van der Waals surface area (Å²) in [4.78, 5) is 14.5. The summed E-state index contributed by atoms with van der Waals surface area (Å²) in [6.45, 7) is 11.5. The molecule has 0 fully saturated rings. The number of thiol groups is 1. The van der Waals surface area contributed by atoms with Crippen LogP contribution in [0, 0.1) is 17.3 Å². The Hall–Kier alpha value is -1.99. The van der Waals surface area contributed by atoms with Gasteiger partial charge in [0.1, 0.15) is 18.6 Å². The first-order valence-electron chi connectivity index (χ1n) is 13.9. The van der Waals surface area contributed by atoms with Gasteiger partial charge in [0.15, 0.2) is 0 Å². The maximum absolute atomic E-state index is 13.5. The van der Waals surface area contributed by atoms with Crippen LogP contribution < -0.4 is 5.43 Å². The predicted octanol–water partition coefficient (Wildman–Crippen LogP) is 7.93. The molecule has 0 saturated heterocycles. The molecule has 1 aliphatic heterocycles. The van der Waals surface area contributed by atoms with E-state index < -0.39 is 11.1 Å². The van der Waals surface area contributed by atoms with Crippen molar-refractivity contribution in [2.24, 2.45) is 17.3 Å². The molecule has 1 aliphatic carbocycles. The van der Waals surface area contributed by atoms with Crippen molar-refractivity contribution in [2.45, 2.75) is 84.7 Å². The Balaban J connectivity index is 2.73. The van der Waals surface area contributed by atoms with Crippen molar-refractivity contribution in [1.29, 1.82) is 0 Å². The van der Waals surface area contributed by atoms with E-state index in [1.54, 1.807) is 6.08 Å². The third-order valence-corrected chi connectivity index (χ3v) is 7.98. The highest BCUT2D eigenvalue weighted by atomic mass is 32.1. The third kappa shape index (κ3) is 9.06. The Morgan fingerprint density at radius 3 is 2.70 bits per heavy atom. The van der Waals surface area contributed by atoms with E-state index in [4.69, 9.17) is 4.74 Å². The number of halogens is 1. The molecule has 0 amide bonds. The Morgan fingerprint density at radius 2 is 2.08 bits per heavy atom. The molecule has 5 nitrogen and oxygen atoms in total. The molecule has 37 heavy (non-hydrogen) atoms. The van der Waals surface area contributed by atoms with Gasteiger partial charge >= 0.3 is 5.30 Å². The minimum Gasteiger partial charge on any atom is -0.454 e. The Morgan fingerprint density at radius 1 is 1.30 bits per heavy atom. The van der Waals surface area contributed by atoms with Crippen molar-refractivity contribution in [2.75, 3.05) is 20.3 Å². The van der Waals surface area contributed by atoms with Crippen LogP contribution >= 0.6 is 12.6 Å². The van der Waals surface area contributed by atoms with Crippen molar-refractivity contribution in [3.05, 3.63) is 60.8 Å². The zero-order valence-electron chi connectivity index (χ0n) is 23.3. The number of ether oxygens (including phenoxy) is 1. The van der Waals surface area contributed by atoms with E-state index in [0.717, 1.165) is 64.6 Å². The molecule has 2 unspecified atom stereocenters. The molecule has 0 radical (unpaired) electrons. The van der Waals surface area contributed by atoms with Gasteiger partial charge in [-0.25, -0.2) is 14.6 Å². The number of nitrogens with one attached hydrogen (secondary N) is 1. The van der Waals surface area contributed by atoms with Crippen LogP contribution in [0.15, 0.2) is 60.8 Å². The zero-order chi connectivity index (χ0) is 27.3. The molecule has 4 atom stereocenters.